The number of carbonyl (C=O) groups is 1. The van der Waals surface area contributed by atoms with Gasteiger partial charge in [-0.25, -0.2) is 5.43 Å². The molecule has 1 aromatic heterocycles. The van der Waals surface area contributed by atoms with Crippen molar-refractivity contribution in [1.29, 1.82) is 0 Å². The van der Waals surface area contributed by atoms with Gasteiger partial charge in [0, 0.05) is 10.9 Å². The molecule has 0 saturated carbocycles. The third-order valence-corrected chi connectivity index (χ3v) is 4.92. The Hall–Kier alpha value is -3.73. The van der Waals surface area contributed by atoms with Crippen LogP contribution in [0.1, 0.15) is 27.2 Å². The summed E-state index contributed by atoms with van der Waals surface area (Å²) in [6, 6.07) is 19.7. The fourth-order valence-electron chi connectivity index (χ4n) is 3.42. The highest BCUT2D eigenvalue weighted by Gasteiger charge is 2.12. The molecule has 29 heavy (non-hydrogen) atoms. The predicted molar refractivity (Wildman–Crippen MR) is 117 cm³/mol. The highest BCUT2D eigenvalue weighted by molar-refractivity contribution is 6.03. The third kappa shape index (κ3) is 3.67. The van der Waals surface area contributed by atoms with Gasteiger partial charge in [0.25, 0.3) is 5.91 Å². The lowest BCUT2D eigenvalue weighted by atomic mass is 10.0. The fraction of sp³-hybridized carbons (Fsp3) is 0.125. The molecule has 0 spiro atoms. The van der Waals surface area contributed by atoms with Crippen LogP contribution in [0.2, 0.25) is 0 Å². The van der Waals surface area contributed by atoms with Crippen molar-refractivity contribution < 1.29 is 9.53 Å². The Morgan fingerprint density at radius 1 is 1.03 bits per heavy atom. The van der Waals surface area contributed by atoms with Crippen LogP contribution >= 0.6 is 0 Å². The first-order chi connectivity index (χ1) is 14.1. The predicted octanol–water partition coefficient (Wildman–Crippen LogP) is 4.78. The minimum Gasteiger partial charge on any atom is -0.496 e. The molecule has 0 aliphatic rings. The molecule has 144 valence electrons. The van der Waals surface area contributed by atoms with E-state index in [4.69, 9.17) is 4.74 Å². The SMILES string of the molecule is COc1ccc2ccccc2c1/C=N/NC(=O)c1cc2cc(C)ccc2nc1C. The number of nitrogens with one attached hydrogen (secondary N) is 1. The lowest BCUT2D eigenvalue weighted by molar-refractivity contribution is 0.0954. The van der Waals surface area contributed by atoms with Crippen molar-refractivity contribution >= 4 is 33.8 Å². The molecule has 5 nitrogen and oxygen atoms in total. The van der Waals surface area contributed by atoms with Gasteiger partial charge in [-0.2, -0.15) is 5.10 Å². The Labute approximate surface area is 169 Å². The molecule has 0 saturated heterocycles. The van der Waals surface area contributed by atoms with Gasteiger partial charge in [0.05, 0.1) is 30.1 Å². The minimum atomic E-state index is -0.297. The van der Waals surface area contributed by atoms with Gasteiger partial charge in [-0.1, -0.05) is 42.0 Å². The third-order valence-electron chi connectivity index (χ3n) is 4.92. The van der Waals surface area contributed by atoms with Crippen molar-refractivity contribution in [2.45, 2.75) is 13.8 Å². The van der Waals surface area contributed by atoms with Crippen molar-refractivity contribution in [3.8, 4) is 5.75 Å². The van der Waals surface area contributed by atoms with Crippen LogP contribution in [0, 0.1) is 13.8 Å². The molecule has 5 heteroatoms. The maximum Gasteiger partial charge on any atom is 0.273 e. The van der Waals surface area contributed by atoms with Crippen LogP contribution in [0.4, 0.5) is 0 Å². The lowest BCUT2D eigenvalue weighted by Crippen LogP contribution is -2.19. The molecule has 1 amide bonds. The number of hydrogen-bond donors (Lipinski definition) is 1. The Bertz CT molecular complexity index is 1260. The highest BCUT2D eigenvalue weighted by Crippen LogP contribution is 2.26. The number of ether oxygens (including phenoxy) is 1. The first kappa shape index (κ1) is 18.6. The van der Waals surface area contributed by atoms with E-state index in [1.54, 1.807) is 13.3 Å². The number of amides is 1. The molecule has 0 aliphatic carbocycles. The molecular formula is C24H21N3O2. The number of rotatable bonds is 4. The van der Waals surface area contributed by atoms with Crippen molar-refractivity contribution in [3.05, 3.63) is 83.0 Å². The molecule has 0 aliphatic heterocycles. The van der Waals surface area contributed by atoms with Gasteiger partial charge in [0.15, 0.2) is 0 Å². The maximum absolute atomic E-state index is 12.7. The Balaban J connectivity index is 1.64. The lowest BCUT2D eigenvalue weighted by Gasteiger charge is -2.09. The normalized spacial score (nSPS) is 11.3. The number of fused-ring (bicyclic) bond motifs is 2. The van der Waals surface area contributed by atoms with Gasteiger partial charge < -0.3 is 4.74 Å². The summed E-state index contributed by atoms with van der Waals surface area (Å²) in [6.45, 7) is 3.84. The number of aromatic nitrogens is 1. The van der Waals surface area contributed by atoms with Crippen LogP contribution in [0.3, 0.4) is 0 Å². The summed E-state index contributed by atoms with van der Waals surface area (Å²) in [7, 11) is 1.62. The molecule has 1 heterocycles. The van der Waals surface area contributed by atoms with Crippen LogP contribution in [-0.4, -0.2) is 24.2 Å². The second-order valence-electron chi connectivity index (χ2n) is 6.92. The molecular weight excluding hydrogens is 362 g/mol. The number of nitrogens with zero attached hydrogens (tertiary/aromatic N) is 2. The summed E-state index contributed by atoms with van der Waals surface area (Å²) in [5.41, 5.74) is 6.59. The molecule has 0 bridgehead atoms. The van der Waals surface area contributed by atoms with E-state index in [1.807, 2.05) is 74.5 Å². The monoisotopic (exact) mass is 383 g/mol. The molecule has 0 unspecified atom stereocenters. The summed E-state index contributed by atoms with van der Waals surface area (Å²) in [5.74, 6) is 0.398. The van der Waals surface area contributed by atoms with Crippen LogP contribution in [0.15, 0.2) is 65.8 Å². The molecule has 4 aromatic rings. The van der Waals surface area contributed by atoms with Crippen LogP contribution in [0.25, 0.3) is 21.7 Å². The van der Waals surface area contributed by atoms with Crippen LogP contribution in [-0.2, 0) is 0 Å². The number of benzene rings is 3. The second kappa shape index (κ2) is 7.72. The Morgan fingerprint density at radius 3 is 2.69 bits per heavy atom. The van der Waals surface area contributed by atoms with Gasteiger partial charge >= 0.3 is 0 Å². The molecule has 3 aromatic carbocycles. The summed E-state index contributed by atoms with van der Waals surface area (Å²) >= 11 is 0. The fourth-order valence-corrected chi connectivity index (χ4v) is 3.42. The minimum absolute atomic E-state index is 0.297. The summed E-state index contributed by atoms with van der Waals surface area (Å²) < 4.78 is 5.46. The average molecular weight is 383 g/mol. The topological polar surface area (TPSA) is 63.6 Å². The zero-order valence-electron chi connectivity index (χ0n) is 16.6. The number of aryl methyl sites for hydroxylation is 2. The molecule has 4 rings (SSSR count). The van der Waals surface area contributed by atoms with Crippen LogP contribution in [0.5, 0.6) is 5.75 Å². The van der Waals surface area contributed by atoms with Crippen molar-refractivity contribution in [3.63, 3.8) is 0 Å². The number of methoxy groups -OCH3 is 1. The largest absolute Gasteiger partial charge is 0.496 e. The van der Waals surface area contributed by atoms with E-state index in [0.717, 1.165) is 32.8 Å². The summed E-state index contributed by atoms with van der Waals surface area (Å²) in [4.78, 5) is 17.2. The van der Waals surface area contributed by atoms with Crippen molar-refractivity contribution in [2.75, 3.05) is 7.11 Å². The second-order valence-corrected chi connectivity index (χ2v) is 6.92. The Morgan fingerprint density at radius 2 is 1.86 bits per heavy atom. The molecule has 0 radical (unpaired) electrons. The van der Waals surface area contributed by atoms with Crippen molar-refractivity contribution in [1.82, 2.24) is 10.4 Å². The van der Waals surface area contributed by atoms with E-state index < -0.39 is 0 Å². The number of carbonyl (C=O) groups excluding carboxylic acids is 1. The van der Waals surface area contributed by atoms with E-state index in [2.05, 4.69) is 15.5 Å². The van der Waals surface area contributed by atoms with Gasteiger partial charge in [0.2, 0.25) is 0 Å². The smallest absolute Gasteiger partial charge is 0.273 e. The number of hydrogen-bond acceptors (Lipinski definition) is 4. The van der Waals surface area contributed by atoms with Crippen molar-refractivity contribution in [2.24, 2.45) is 5.10 Å². The average Bonchev–Trinajstić information content (AvgIpc) is 2.73. The van der Waals surface area contributed by atoms with Gasteiger partial charge in [-0.3, -0.25) is 9.78 Å². The molecule has 1 N–H and O–H groups in total. The van der Waals surface area contributed by atoms with E-state index in [9.17, 15) is 4.79 Å². The Kier molecular flexibility index (Phi) is 4.96. The first-order valence-corrected chi connectivity index (χ1v) is 9.34. The highest BCUT2D eigenvalue weighted by atomic mass is 16.5. The van der Waals surface area contributed by atoms with E-state index in [1.165, 1.54) is 0 Å². The summed E-state index contributed by atoms with van der Waals surface area (Å²) in [5, 5.41) is 7.19. The quantitative estimate of drug-likeness (QED) is 0.408. The van der Waals surface area contributed by atoms with E-state index in [0.29, 0.717) is 17.0 Å². The van der Waals surface area contributed by atoms with Gasteiger partial charge in [-0.05, 0) is 48.9 Å². The zero-order chi connectivity index (χ0) is 20.4. The van der Waals surface area contributed by atoms with E-state index in [-0.39, 0.29) is 5.91 Å². The van der Waals surface area contributed by atoms with Gasteiger partial charge in [-0.15, -0.1) is 0 Å². The first-order valence-electron chi connectivity index (χ1n) is 9.34. The number of pyridine rings is 1. The zero-order valence-corrected chi connectivity index (χ0v) is 16.6. The van der Waals surface area contributed by atoms with Crippen LogP contribution < -0.4 is 10.2 Å². The van der Waals surface area contributed by atoms with Gasteiger partial charge in [0.1, 0.15) is 5.75 Å². The maximum atomic E-state index is 12.7. The summed E-state index contributed by atoms with van der Waals surface area (Å²) in [6.07, 6.45) is 1.62. The molecule has 0 atom stereocenters. The number of hydrazone groups is 1. The molecule has 0 fully saturated rings. The standard InChI is InChI=1S/C24H21N3O2/c1-15-8-10-22-18(12-15)13-20(16(2)26-22)24(28)27-25-14-21-19-7-5-4-6-17(19)9-11-23(21)29-3/h4-14H,1-3H3,(H,27,28)/b25-14+. The van der Waals surface area contributed by atoms with E-state index >= 15 is 0 Å².